The van der Waals surface area contributed by atoms with Crippen LogP contribution >= 0.6 is 11.8 Å². The van der Waals surface area contributed by atoms with E-state index < -0.39 is 0 Å². The van der Waals surface area contributed by atoms with E-state index in [9.17, 15) is 4.79 Å². The van der Waals surface area contributed by atoms with Gasteiger partial charge in [0.1, 0.15) is 0 Å². The predicted octanol–water partition coefficient (Wildman–Crippen LogP) is 0.375. The number of thioether (sulfide) groups is 1. The number of carbonyl (C=O) groups excluding carboxylic acids is 1. The molecule has 9 nitrogen and oxygen atoms in total. The summed E-state index contributed by atoms with van der Waals surface area (Å²) < 4.78 is 37.2. The third-order valence-corrected chi connectivity index (χ3v) is 3.78. The van der Waals surface area contributed by atoms with Gasteiger partial charge in [-0.2, -0.15) is 0 Å². The molecule has 0 aliphatic rings. The molecule has 0 aromatic rings. The second-order valence-corrected chi connectivity index (χ2v) is 6.62. The molecular formula is C18H36O9S. The van der Waals surface area contributed by atoms with Gasteiger partial charge in [0.05, 0.1) is 99.1 Å². The first-order chi connectivity index (χ1) is 13.8. The molecular weight excluding hydrogens is 392 g/mol. The van der Waals surface area contributed by atoms with Crippen LogP contribution < -0.4 is 0 Å². The van der Waals surface area contributed by atoms with Gasteiger partial charge in [-0.25, -0.2) is 0 Å². The molecule has 0 radical (unpaired) electrons. The minimum absolute atomic E-state index is 0.0293. The van der Waals surface area contributed by atoms with E-state index in [0.29, 0.717) is 98.2 Å². The van der Waals surface area contributed by atoms with E-state index in [1.807, 2.05) is 0 Å². The zero-order valence-electron chi connectivity index (χ0n) is 16.9. The number of aliphatic hydroxyl groups is 1. The molecule has 0 aromatic carbocycles. The smallest absolute Gasteiger partial charge is 0.185 e. The van der Waals surface area contributed by atoms with Crippen molar-refractivity contribution in [3.8, 4) is 0 Å². The normalized spacial score (nSPS) is 11.2. The Labute approximate surface area is 172 Å². The van der Waals surface area contributed by atoms with Gasteiger partial charge in [0.15, 0.2) is 5.12 Å². The minimum Gasteiger partial charge on any atom is -0.394 e. The molecule has 0 atom stereocenters. The van der Waals surface area contributed by atoms with Crippen LogP contribution in [-0.2, 0) is 38.0 Å². The van der Waals surface area contributed by atoms with E-state index in [0.717, 1.165) is 0 Å². The van der Waals surface area contributed by atoms with Crippen LogP contribution in [-0.4, -0.2) is 115 Å². The monoisotopic (exact) mass is 428 g/mol. The van der Waals surface area contributed by atoms with E-state index in [-0.39, 0.29) is 11.7 Å². The van der Waals surface area contributed by atoms with Crippen molar-refractivity contribution < 1.29 is 43.1 Å². The Morgan fingerprint density at radius 2 is 0.857 bits per heavy atom. The highest BCUT2D eigenvalue weighted by Gasteiger charge is 1.96. The summed E-state index contributed by atoms with van der Waals surface area (Å²) >= 11 is 1.26. The van der Waals surface area contributed by atoms with Crippen molar-refractivity contribution in [2.24, 2.45) is 0 Å². The predicted molar refractivity (Wildman–Crippen MR) is 106 cm³/mol. The highest BCUT2D eigenvalue weighted by atomic mass is 32.2. The summed E-state index contributed by atoms with van der Waals surface area (Å²) in [4.78, 5) is 10.7. The van der Waals surface area contributed by atoms with Gasteiger partial charge in [0.25, 0.3) is 0 Å². The maximum Gasteiger partial charge on any atom is 0.185 e. The van der Waals surface area contributed by atoms with Crippen LogP contribution in [0.5, 0.6) is 0 Å². The lowest BCUT2D eigenvalue weighted by molar-refractivity contribution is -0.109. The van der Waals surface area contributed by atoms with E-state index >= 15 is 0 Å². The fourth-order valence-electron chi connectivity index (χ4n) is 1.73. The molecule has 0 amide bonds. The van der Waals surface area contributed by atoms with Gasteiger partial charge in [-0.1, -0.05) is 11.8 Å². The molecule has 0 spiro atoms. The van der Waals surface area contributed by atoms with E-state index in [2.05, 4.69) is 0 Å². The number of hydrogen-bond acceptors (Lipinski definition) is 10. The lowest BCUT2D eigenvalue weighted by Crippen LogP contribution is -2.14. The lowest BCUT2D eigenvalue weighted by atomic mass is 10.6. The number of aliphatic hydroxyl groups excluding tert-OH is 1. The van der Waals surface area contributed by atoms with Gasteiger partial charge in [-0.3, -0.25) is 4.79 Å². The molecule has 0 fully saturated rings. The van der Waals surface area contributed by atoms with Crippen LogP contribution in [0.4, 0.5) is 0 Å². The first-order valence-electron chi connectivity index (χ1n) is 9.55. The molecule has 0 aliphatic heterocycles. The highest BCUT2D eigenvalue weighted by Crippen LogP contribution is 1.99. The first-order valence-corrected chi connectivity index (χ1v) is 10.5. The number of ether oxygens (including phenoxy) is 7. The second kappa shape index (κ2) is 24.7. The van der Waals surface area contributed by atoms with Crippen molar-refractivity contribution in [3.05, 3.63) is 0 Å². The van der Waals surface area contributed by atoms with Gasteiger partial charge in [-0.15, -0.1) is 0 Å². The van der Waals surface area contributed by atoms with Gasteiger partial charge in [0.2, 0.25) is 0 Å². The summed E-state index contributed by atoms with van der Waals surface area (Å²) in [6, 6.07) is 0. The SMILES string of the molecule is CC(=O)SCCOCCOCCOCCOCCOCCOCCOCCO. The summed E-state index contributed by atoms with van der Waals surface area (Å²) in [5.41, 5.74) is 0. The van der Waals surface area contributed by atoms with Gasteiger partial charge in [0, 0.05) is 12.7 Å². The van der Waals surface area contributed by atoms with Crippen LogP contribution in [0.1, 0.15) is 6.92 Å². The quantitative estimate of drug-likeness (QED) is 0.230. The third kappa shape index (κ3) is 25.7. The fraction of sp³-hybridized carbons (Fsp3) is 0.944. The summed E-state index contributed by atoms with van der Waals surface area (Å²) in [5.74, 6) is 0.679. The maximum absolute atomic E-state index is 10.7. The summed E-state index contributed by atoms with van der Waals surface area (Å²) in [7, 11) is 0. The molecule has 10 heteroatoms. The number of rotatable bonds is 23. The minimum atomic E-state index is 0.0293. The second-order valence-electron chi connectivity index (χ2n) is 5.35. The van der Waals surface area contributed by atoms with Crippen molar-refractivity contribution in [1.29, 1.82) is 0 Å². The molecule has 0 heterocycles. The number of hydrogen-bond donors (Lipinski definition) is 1. The average Bonchev–Trinajstić information content (AvgIpc) is 2.68. The molecule has 0 bridgehead atoms. The fourth-order valence-corrected chi connectivity index (χ4v) is 2.22. The van der Waals surface area contributed by atoms with E-state index in [1.165, 1.54) is 11.8 Å². The molecule has 1 N–H and O–H groups in total. The molecule has 168 valence electrons. The molecule has 0 rings (SSSR count). The highest BCUT2D eigenvalue weighted by molar-refractivity contribution is 8.13. The molecule has 0 saturated carbocycles. The standard InChI is InChI=1S/C18H36O9S/c1-18(20)28-17-16-27-15-14-26-13-12-25-11-10-24-9-8-23-7-6-22-5-4-21-3-2-19/h19H,2-17H2,1H3. The Balaban J connectivity index is 2.99. The Kier molecular flexibility index (Phi) is 24.5. The van der Waals surface area contributed by atoms with Crippen molar-refractivity contribution in [2.45, 2.75) is 6.92 Å². The van der Waals surface area contributed by atoms with Gasteiger partial charge >= 0.3 is 0 Å². The average molecular weight is 429 g/mol. The van der Waals surface area contributed by atoms with Gasteiger partial charge < -0.3 is 38.3 Å². The molecule has 28 heavy (non-hydrogen) atoms. The van der Waals surface area contributed by atoms with Crippen molar-refractivity contribution >= 4 is 16.9 Å². The van der Waals surface area contributed by atoms with Gasteiger partial charge in [-0.05, 0) is 0 Å². The lowest BCUT2D eigenvalue weighted by Gasteiger charge is -2.08. The summed E-state index contributed by atoms with van der Waals surface area (Å²) in [6.07, 6.45) is 0. The first kappa shape index (κ1) is 27.7. The molecule has 0 aliphatic carbocycles. The van der Waals surface area contributed by atoms with Crippen molar-refractivity contribution in [2.75, 3.05) is 105 Å². The van der Waals surface area contributed by atoms with Crippen molar-refractivity contribution in [3.63, 3.8) is 0 Å². The molecule has 0 saturated heterocycles. The zero-order valence-corrected chi connectivity index (χ0v) is 17.8. The largest absolute Gasteiger partial charge is 0.394 e. The van der Waals surface area contributed by atoms with Crippen LogP contribution in [0.25, 0.3) is 0 Å². The van der Waals surface area contributed by atoms with Crippen molar-refractivity contribution in [1.82, 2.24) is 0 Å². The van der Waals surface area contributed by atoms with E-state index in [4.69, 9.17) is 38.3 Å². The topological polar surface area (TPSA) is 102 Å². The Morgan fingerprint density at radius 3 is 1.14 bits per heavy atom. The summed E-state index contributed by atoms with van der Waals surface area (Å²) in [5, 5.41) is 8.63. The Morgan fingerprint density at radius 1 is 0.571 bits per heavy atom. The number of carbonyl (C=O) groups is 1. The maximum atomic E-state index is 10.7. The third-order valence-electron chi connectivity index (χ3n) is 3.00. The summed E-state index contributed by atoms with van der Waals surface area (Å²) in [6.45, 7) is 8.57. The molecule has 0 unspecified atom stereocenters. The Hall–Kier alpha value is -0.300. The van der Waals surface area contributed by atoms with Crippen LogP contribution in [0.15, 0.2) is 0 Å². The van der Waals surface area contributed by atoms with Crippen LogP contribution in [0, 0.1) is 0 Å². The zero-order chi connectivity index (χ0) is 20.5. The van der Waals surface area contributed by atoms with Crippen LogP contribution in [0.2, 0.25) is 0 Å². The molecule has 0 aromatic heterocycles. The van der Waals surface area contributed by atoms with E-state index in [1.54, 1.807) is 6.92 Å². The Bertz CT molecular complexity index is 321. The van der Waals surface area contributed by atoms with Crippen LogP contribution in [0.3, 0.4) is 0 Å².